The van der Waals surface area contributed by atoms with Gasteiger partial charge < -0.3 is 20.1 Å². The van der Waals surface area contributed by atoms with Gasteiger partial charge in [0, 0.05) is 30.9 Å². The van der Waals surface area contributed by atoms with Crippen molar-refractivity contribution in [3.63, 3.8) is 0 Å². The molecule has 2 N–H and O–H groups in total. The van der Waals surface area contributed by atoms with Gasteiger partial charge in [-0.3, -0.25) is 4.79 Å². The van der Waals surface area contributed by atoms with Crippen molar-refractivity contribution < 1.29 is 19.4 Å². The maximum atomic E-state index is 13.0. The Bertz CT molecular complexity index is 773. The Balaban J connectivity index is 1.84. The lowest BCUT2D eigenvalue weighted by Gasteiger charge is -2.24. The SMILES string of the molecule is O=C(O[C@H](C(=O)N1CCCC1)c1ccccc1)c1ccccc1NCCO. The predicted octanol–water partition coefficient (Wildman–Crippen LogP) is 2.61. The highest BCUT2D eigenvalue weighted by atomic mass is 16.5. The standard InChI is InChI=1S/C21H24N2O4/c24-15-12-22-18-11-5-4-10-17(18)21(26)27-19(16-8-2-1-3-9-16)20(25)23-13-6-7-14-23/h1-5,8-11,19,22,24H,6-7,12-15H2/t19-/m0/s1. The van der Waals surface area contributed by atoms with Crippen LogP contribution in [0.25, 0.3) is 0 Å². The van der Waals surface area contributed by atoms with Crippen molar-refractivity contribution in [2.45, 2.75) is 18.9 Å². The Labute approximate surface area is 158 Å². The highest BCUT2D eigenvalue weighted by molar-refractivity contribution is 5.97. The molecule has 6 nitrogen and oxygen atoms in total. The van der Waals surface area contributed by atoms with Crippen LogP contribution in [0.4, 0.5) is 5.69 Å². The number of hydrogen-bond donors (Lipinski definition) is 2. The predicted molar refractivity (Wildman–Crippen MR) is 102 cm³/mol. The number of carbonyl (C=O) groups is 2. The number of likely N-dealkylation sites (tertiary alicyclic amines) is 1. The molecule has 0 aliphatic carbocycles. The lowest BCUT2D eigenvalue weighted by molar-refractivity contribution is -0.140. The summed E-state index contributed by atoms with van der Waals surface area (Å²) in [4.78, 5) is 27.6. The maximum absolute atomic E-state index is 13.0. The van der Waals surface area contributed by atoms with Gasteiger partial charge in [-0.05, 0) is 25.0 Å². The molecule has 2 aromatic carbocycles. The summed E-state index contributed by atoms with van der Waals surface area (Å²) < 4.78 is 5.68. The number of aliphatic hydroxyl groups is 1. The Morgan fingerprint density at radius 1 is 1.04 bits per heavy atom. The first-order valence-corrected chi connectivity index (χ1v) is 9.19. The second kappa shape index (κ2) is 9.19. The van der Waals surface area contributed by atoms with Crippen LogP contribution in [-0.4, -0.2) is 48.1 Å². The molecule has 0 radical (unpaired) electrons. The highest BCUT2D eigenvalue weighted by Crippen LogP contribution is 2.26. The summed E-state index contributed by atoms with van der Waals surface area (Å²) in [6, 6.07) is 16.0. The van der Waals surface area contributed by atoms with Crippen molar-refractivity contribution in [2.24, 2.45) is 0 Å². The molecule has 0 spiro atoms. The van der Waals surface area contributed by atoms with E-state index >= 15 is 0 Å². The van der Waals surface area contributed by atoms with Crippen LogP contribution >= 0.6 is 0 Å². The van der Waals surface area contributed by atoms with Gasteiger partial charge in [-0.25, -0.2) is 4.79 Å². The van der Waals surface area contributed by atoms with Crippen molar-refractivity contribution in [3.8, 4) is 0 Å². The van der Waals surface area contributed by atoms with E-state index in [1.54, 1.807) is 41.3 Å². The number of rotatable bonds is 7. The third kappa shape index (κ3) is 4.65. The fourth-order valence-corrected chi connectivity index (χ4v) is 3.17. The van der Waals surface area contributed by atoms with Crippen LogP contribution in [0.1, 0.15) is 34.9 Å². The van der Waals surface area contributed by atoms with E-state index in [-0.39, 0.29) is 12.5 Å². The van der Waals surface area contributed by atoms with Crippen molar-refractivity contribution in [1.29, 1.82) is 0 Å². The summed E-state index contributed by atoms with van der Waals surface area (Å²) in [7, 11) is 0. The quantitative estimate of drug-likeness (QED) is 0.735. The van der Waals surface area contributed by atoms with E-state index in [0.29, 0.717) is 36.4 Å². The number of nitrogens with one attached hydrogen (secondary N) is 1. The van der Waals surface area contributed by atoms with Crippen molar-refractivity contribution in [3.05, 3.63) is 65.7 Å². The molecule has 2 aromatic rings. The van der Waals surface area contributed by atoms with Crippen molar-refractivity contribution in [1.82, 2.24) is 4.90 Å². The van der Waals surface area contributed by atoms with Crippen LogP contribution in [0.15, 0.2) is 54.6 Å². The molecule has 1 saturated heterocycles. The minimum Gasteiger partial charge on any atom is -0.444 e. The molecule has 1 heterocycles. The molecule has 27 heavy (non-hydrogen) atoms. The fraction of sp³-hybridized carbons (Fsp3) is 0.333. The molecular weight excluding hydrogens is 344 g/mol. The summed E-state index contributed by atoms with van der Waals surface area (Å²) in [5.41, 5.74) is 1.56. The van der Waals surface area contributed by atoms with Gasteiger partial charge in [0.25, 0.3) is 5.91 Å². The minimum absolute atomic E-state index is 0.0521. The van der Waals surface area contributed by atoms with Gasteiger partial charge in [0.2, 0.25) is 6.10 Å². The highest BCUT2D eigenvalue weighted by Gasteiger charge is 2.31. The number of aliphatic hydroxyl groups excluding tert-OH is 1. The molecule has 0 saturated carbocycles. The number of para-hydroxylation sites is 1. The van der Waals surface area contributed by atoms with Gasteiger partial charge in [-0.1, -0.05) is 42.5 Å². The number of benzene rings is 2. The van der Waals surface area contributed by atoms with Gasteiger partial charge in [-0.2, -0.15) is 0 Å². The Morgan fingerprint density at radius 2 is 1.70 bits per heavy atom. The van der Waals surface area contributed by atoms with Gasteiger partial charge in [0.1, 0.15) is 0 Å². The van der Waals surface area contributed by atoms with Crippen LogP contribution in [0.2, 0.25) is 0 Å². The Hall–Kier alpha value is -2.86. The van der Waals surface area contributed by atoms with Crippen LogP contribution < -0.4 is 5.32 Å². The first-order chi connectivity index (χ1) is 13.2. The largest absolute Gasteiger partial charge is 0.444 e. The number of carbonyl (C=O) groups excluding carboxylic acids is 2. The third-order valence-electron chi connectivity index (χ3n) is 4.54. The zero-order valence-electron chi connectivity index (χ0n) is 15.1. The summed E-state index contributed by atoms with van der Waals surface area (Å²) in [6.07, 6.45) is 0.965. The summed E-state index contributed by atoms with van der Waals surface area (Å²) in [5.74, 6) is -0.759. The van der Waals surface area contributed by atoms with E-state index in [1.165, 1.54) is 0 Å². The lowest BCUT2D eigenvalue weighted by Crippen LogP contribution is -2.35. The Kier molecular flexibility index (Phi) is 6.44. The zero-order valence-corrected chi connectivity index (χ0v) is 15.1. The topological polar surface area (TPSA) is 78.9 Å². The molecule has 1 aliphatic heterocycles. The molecular formula is C21H24N2O4. The lowest BCUT2D eigenvalue weighted by atomic mass is 10.1. The molecule has 1 atom stereocenters. The number of hydrogen-bond acceptors (Lipinski definition) is 5. The summed E-state index contributed by atoms with van der Waals surface area (Å²) in [6.45, 7) is 1.64. The zero-order chi connectivity index (χ0) is 19.1. The van der Waals surface area contributed by atoms with E-state index < -0.39 is 12.1 Å². The molecule has 1 fully saturated rings. The first-order valence-electron chi connectivity index (χ1n) is 9.19. The molecule has 3 rings (SSSR count). The fourth-order valence-electron chi connectivity index (χ4n) is 3.17. The first kappa shape index (κ1) is 18.9. The van der Waals surface area contributed by atoms with E-state index in [9.17, 15) is 9.59 Å². The second-order valence-electron chi connectivity index (χ2n) is 6.42. The van der Waals surface area contributed by atoms with Gasteiger partial charge in [0.05, 0.1) is 12.2 Å². The average Bonchev–Trinajstić information content (AvgIpc) is 3.25. The molecule has 0 unspecified atom stereocenters. The normalized spacial score (nSPS) is 14.6. The molecule has 142 valence electrons. The number of anilines is 1. The average molecular weight is 368 g/mol. The number of amides is 1. The molecule has 0 bridgehead atoms. The van der Waals surface area contributed by atoms with Crippen molar-refractivity contribution >= 4 is 17.6 Å². The van der Waals surface area contributed by atoms with E-state index in [2.05, 4.69) is 5.32 Å². The molecule has 1 amide bonds. The molecule has 1 aliphatic rings. The van der Waals surface area contributed by atoms with Gasteiger partial charge in [0.15, 0.2) is 0 Å². The third-order valence-corrected chi connectivity index (χ3v) is 4.54. The number of nitrogens with zero attached hydrogens (tertiary/aromatic N) is 1. The van der Waals surface area contributed by atoms with Gasteiger partial charge >= 0.3 is 5.97 Å². The molecule has 0 aromatic heterocycles. The van der Waals surface area contributed by atoms with E-state index in [0.717, 1.165) is 12.8 Å². The van der Waals surface area contributed by atoms with Crippen LogP contribution in [0.3, 0.4) is 0 Å². The smallest absolute Gasteiger partial charge is 0.341 e. The number of esters is 1. The van der Waals surface area contributed by atoms with Crippen LogP contribution in [-0.2, 0) is 9.53 Å². The van der Waals surface area contributed by atoms with E-state index in [4.69, 9.17) is 9.84 Å². The summed E-state index contributed by atoms with van der Waals surface area (Å²) in [5, 5.41) is 12.0. The van der Waals surface area contributed by atoms with E-state index in [1.807, 2.05) is 18.2 Å². The van der Waals surface area contributed by atoms with Crippen LogP contribution in [0.5, 0.6) is 0 Å². The number of ether oxygens (including phenoxy) is 1. The monoisotopic (exact) mass is 368 g/mol. The minimum atomic E-state index is -0.970. The van der Waals surface area contributed by atoms with Crippen LogP contribution in [0, 0.1) is 0 Å². The van der Waals surface area contributed by atoms with Gasteiger partial charge in [-0.15, -0.1) is 0 Å². The van der Waals surface area contributed by atoms with Crippen molar-refractivity contribution in [2.75, 3.05) is 31.6 Å². The summed E-state index contributed by atoms with van der Waals surface area (Å²) >= 11 is 0. The molecule has 6 heteroatoms. The second-order valence-corrected chi connectivity index (χ2v) is 6.42. The maximum Gasteiger partial charge on any atom is 0.341 e. The Morgan fingerprint density at radius 3 is 2.41 bits per heavy atom.